The van der Waals surface area contributed by atoms with Gasteiger partial charge in [-0.15, -0.1) is 0 Å². The molecule has 6 heteroatoms. The molecule has 1 fully saturated rings. The summed E-state index contributed by atoms with van der Waals surface area (Å²) in [6.07, 6.45) is 0.776. The average Bonchev–Trinajstić information content (AvgIpc) is 2.75. The zero-order chi connectivity index (χ0) is 13.3. The molecule has 0 aliphatic carbocycles. The average molecular weight is 264 g/mol. The minimum Gasteiger partial charge on any atom is -0.274 e. The molecule has 0 radical (unpaired) electrons. The molecule has 0 bridgehead atoms. The first-order valence-electron chi connectivity index (χ1n) is 5.54. The van der Waals surface area contributed by atoms with Crippen LogP contribution in [0.25, 0.3) is 0 Å². The maximum absolute atomic E-state index is 12.3. The fourth-order valence-electron chi connectivity index (χ4n) is 2.00. The molecule has 2 rings (SSSR count). The summed E-state index contributed by atoms with van der Waals surface area (Å²) < 4.78 is 25.5. The van der Waals surface area contributed by atoms with Crippen molar-refractivity contribution in [2.75, 3.05) is 6.54 Å². The quantitative estimate of drug-likeness (QED) is 0.803. The van der Waals surface area contributed by atoms with Crippen molar-refractivity contribution in [2.24, 2.45) is 0 Å². The smallest absolute Gasteiger partial charge is 0.267 e. The Labute approximate surface area is 106 Å². The highest BCUT2D eigenvalue weighted by Crippen LogP contribution is 2.25. The lowest BCUT2D eigenvalue weighted by Gasteiger charge is -2.17. The van der Waals surface area contributed by atoms with Gasteiger partial charge < -0.3 is 0 Å². The third-order valence-electron chi connectivity index (χ3n) is 2.94. The molecule has 94 valence electrons. The minimum absolute atomic E-state index is 0.0831. The van der Waals surface area contributed by atoms with Gasteiger partial charge in [-0.25, -0.2) is 12.7 Å². The highest BCUT2D eigenvalue weighted by Gasteiger charge is 2.34. The van der Waals surface area contributed by atoms with E-state index in [1.165, 1.54) is 6.07 Å². The number of nitriles is 1. The van der Waals surface area contributed by atoms with Crippen LogP contribution in [0.2, 0.25) is 0 Å². The van der Waals surface area contributed by atoms with E-state index in [9.17, 15) is 13.2 Å². The van der Waals surface area contributed by atoms with Gasteiger partial charge in [0.2, 0.25) is 5.91 Å². The van der Waals surface area contributed by atoms with Crippen LogP contribution in [0.3, 0.4) is 0 Å². The molecular formula is C12H12N2O3S. The van der Waals surface area contributed by atoms with E-state index in [1.807, 2.05) is 6.07 Å². The number of aryl methyl sites for hydroxylation is 1. The molecule has 0 atom stereocenters. The Morgan fingerprint density at radius 2 is 2.11 bits per heavy atom. The predicted octanol–water partition coefficient (Wildman–Crippen LogP) is 1.18. The minimum atomic E-state index is -3.89. The van der Waals surface area contributed by atoms with Crippen molar-refractivity contribution in [3.8, 4) is 6.07 Å². The lowest BCUT2D eigenvalue weighted by molar-refractivity contribution is -0.123. The summed E-state index contributed by atoms with van der Waals surface area (Å²) in [7, 11) is -3.89. The van der Waals surface area contributed by atoms with E-state index >= 15 is 0 Å². The number of amides is 1. The van der Waals surface area contributed by atoms with Crippen LogP contribution in [0.4, 0.5) is 0 Å². The highest BCUT2D eigenvalue weighted by molar-refractivity contribution is 7.89. The van der Waals surface area contributed by atoms with E-state index < -0.39 is 15.9 Å². The Balaban J connectivity index is 2.59. The number of nitrogens with zero attached hydrogens (tertiary/aromatic N) is 2. The Hall–Kier alpha value is -1.87. The van der Waals surface area contributed by atoms with Gasteiger partial charge in [-0.05, 0) is 25.0 Å². The first-order valence-corrected chi connectivity index (χ1v) is 6.98. The Morgan fingerprint density at radius 1 is 1.39 bits per heavy atom. The lowest BCUT2D eigenvalue weighted by Crippen LogP contribution is -2.32. The Bertz CT molecular complexity index is 644. The Morgan fingerprint density at radius 3 is 2.67 bits per heavy atom. The van der Waals surface area contributed by atoms with Gasteiger partial charge in [-0.2, -0.15) is 5.26 Å². The standard InChI is InChI=1S/C12H12N2O3S/c1-9-4-2-5-11(10(9)8-13)18(16,17)14-7-3-6-12(14)15/h2,4-5H,3,6-7H2,1H3. The molecule has 18 heavy (non-hydrogen) atoms. The van der Waals surface area contributed by atoms with Crippen molar-refractivity contribution >= 4 is 15.9 Å². The van der Waals surface area contributed by atoms with Crippen LogP contribution in [-0.4, -0.2) is 25.2 Å². The monoisotopic (exact) mass is 264 g/mol. The van der Waals surface area contributed by atoms with Crippen LogP contribution in [0, 0.1) is 18.3 Å². The maximum atomic E-state index is 12.3. The lowest BCUT2D eigenvalue weighted by atomic mass is 10.1. The van der Waals surface area contributed by atoms with Gasteiger partial charge in [-0.1, -0.05) is 12.1 Å². The van der Waals surface area contributed by atoms with Crippen LogP contribution in [0.1, 0.15) is 24.0 Å². The highest BCUT2D eigenvalue weighted by atomic mass is 32.2. The summed E-state index contributed by atoms with van der Waals surface area (Å²) in [6.45, 7) is 1.86. The van der Waals surface area contributed by atoms with E-state index in [2.05, 4.69) is 0 Å². The normalized spacial score (nSPS) is 15.8. The summed E-state index contributed by atoms with van der Waals surface area (Å²) in [5.74, 6) is -0.402. The topological polar surface area (TPSA) is 78.2 Å². The number of carbonyl (C=O) groups is 1. The summed E-state index contributed by atoms with van der Waals surface area (Å²) in [5, 5.41) is 9.05. The third-order valence-corrected chi connectivity index (χ3v) is 4.81. The molecule has 0 spiro atoms. The zero-order valence-electron chi connectivity index (χ0n) is 9.88. The van der Waals surface area contributed by atoms with Crippen molar-refractivity contribution in [1.29, 1.82) is 5.26 Å². The molecule has 1 saturated heterocycles. The number of carbonyl (C=O) groups excluding carboxylic acids is 1. The second-order valence-corrected chi connectivity index (χ2v) is 5.97. The van der Waals surface area contributed by atoms with Crippen molar-refractivity contribution in [3.63, 3.8) is 0 Å². The fraction of sp³-hybridized carbons (Fsp3) is 0.333. The van der Waals surface area contributed by atoms with Gasteiger partial charge in [0.05, 0.1) is 5.56 Å². The molecule has 1 aliphatic rings. The number of benzene rings is 1. The second kappa shape index (κ2) is 4.42. The van der Waals surface area contributed by atoms with E-state index in [4.69, 9.17) is 5.26 Å². The molecule has 1 aromatic carbocycles. The van der Waals surface area contributed by atoms with Crippen LogP contribution >= 0.6 is 0 Å². The van der Waals surface area contributed by atoms with Crippen LogP contribution in [0.5, 0.6) is 0 Å². The van der Waals surface area contributed by atoms with Gasteiger partial charge in [0.1, 0.15) is 11.0 Å². The van der Waals surface area contributed by atoms with Gasteiger partial charge in [-0.3, -0.25) is 4.79 Å². The van der Waals surface area contributed by atoms with Gasteiger partial charge in [0.25, 0.3) is 10.0 Å². The van der Waals surface area contributed by atoms with Gasteiger partial charge in [0.15, 0.2) is 0 Å². The van der Waals surface area contributed by atoms with Crippen molar-refractivity contribution < 1.29 is 13.2 Å². The zero-order valence-corrected chi connectivity index (χ0v) is 10.7. The van der Waals surface area contributed by atoms with E-state index in [0.717, 1.165) is 4.31 Å². The molecule has 1 aliphatic heterocycles. The summed E-state index contributed by atoms with van der Waals surface area (Å²) >= 11 is 0. The fourth-order valence-corrected chi connectivity index (χ4v) is 3.68. The van der Waals surface area contributed by atoms with Crippen LogP contribution < -0.4 is 0 Å². The van der Waals surface area contributed by atoms with Gasteiger partial charge >= 0.3 is 0 Å². The number of rotatable bonds is 2. The molecule has 1 amide bonds. The van der Waals surface area contributed by atoms with Crippen LogP contribution in [0.15, 0.2) is 23.1 Å². The van der Waals surface area contributed by atoms with E-state index in [1.54, 1.807) is 19.1 Å². The molecular weight excluding hydrogens is 252 g/mol. The maximum Gasteiger partial charge on any atom is 0.267 e. The second-order valence-electron chi connectivity index (χ2n) is 4.13. The van der Waals surface area contributed by atoms with Crippen molar-refractivity contribution in [1.82, 2.24) is 4.31 Å². The number of hydrogen-bond donors (Lipinski definition) is 0. The van der Waals surface area contributed by atoms with Crippen molar-refractivity contribution in [3.05, 3.63) is 29.3 Å². The molecule has 1 aromatic rings. The molecule has 1 heterocycles. The molecule has 0 aromatic heterocycles. The summed E-state index contributed by atoms with van der Waals surface area (Å²) in [6, 6.07) is 6.50. The molecule has 0 saturated carbocycles. The molecule has 0 unspecified atom stereocenters. The van der Waals surface area contributed by atoms with Crippen molar-refractivity contribution in [2.45, 2.75) is 24.7 Å². The third kappa shape index (κ3) is 1.87. The number of sulfonamides is 1. The SMILES string of the molecule is Cc1cccc(S(=O)(=O)N2CCCC2=O)c1C#N. The van der Waals surface area contributed by atoms with Gasteiger partial charge in [0, 0.05) is 13.0 Å². The van der Waals surface area contributed by atoms with E-state index in [-0.39, 0.29) is 23.4 Å². The summed E-state index contributed by atoms with van der Waals surface area (Å²) in [5.41, 5.74) is 0.697. The predicted molar refractivity (Wildman–Crippen MR) is 64.0 cm³/mol. The van der Waals surface area contributed by atoms with Crippen LogP contribution in [-0.2, 0) is 14.8 Å². The first-order chi connectivity index (χ1) is 8.48. The molecule has 5 nitrogen and oxygen atoms in total. The Kier molecular flexibility index (Phi) is 3.09. The molecule has 0 N–H and O–H groups in total. The number of hydrogen-bond acceptors (Lipinski definition) is 4. The van der Waals surface area contributed by atoms with E-state index in [0.29, 0.717) is 12.0 Å². The first kappa shape index (κ1) is 12.6. The largest absolute Gasteiger partial charge is 0.274 e. The summed E-state index contributed by atoms with van der Waals surface area (Å²) in [4.78, 5) is 11.5.